The first-order valence-electron chi connectivity index (χ1n) is 42.4. The molecule has 0 radical (unpaired) electrons. The Hall–Kier alpha value is -2.18. The van der Waals surface area contributed by atoms with Gasteiger partial charge in [-0.1, -0.05) is 416 Å². The van der Waals surface area contributed by atoms with Gasteiger partial charge in [0, 0.05) is 12.8 Å². The second kappa shape index (κ2) is 82.2. The Labute approximate surface area is 582 Å². The summed E-state index contributed by atoms with van der Waals surface area (Å²) in [5.41, 5.74) is 0. The maximum Gasteiger partial charge on any atom is 0.305 e. The van der Waals surface area contributed by atoms with E-state index < -0.39 is 12.1 Å². The third-order valence-corrected chi connectivity index (χ3v) is 19.8. The van der Waals surface area contributed by atoms with E-state index in [1.54, 1.807) is 6.08 Å². The highest BCUT2D eigenvalue weighted by molar-refractivity contribution is 5.76. The summed E-state index contributed by atoms with van der Waals surface area (Å²) in [4.78, 5) is 24.7. The van der Waals surface area contributed by atoms with E-state index in [0.717, 1.165) is 51.4 Å². The molecular weight excluding hydrogens is 1140 g/mol. The molecule has 0 aromatic carbocycles. The molecule has 0 saturated carbocycles. The van der Waals surface area contributed by atoms with Gasteiger partial charge in [-0.2, -0.15) is 0 Å². The molecule has 0 fully saturated rings. The summed E-state index contributed by atoms with van der Waals surface area (Å²) >= 11 is 0. The number of carbonyl (C=O) groups excluding carboxylic acids is 2. The number of hydrogen-bond donors (Lipinski definition) is 3. The predicted molar refractivity (Wildman–Crippen MR) is 412 cm³/mol. The zero-order valence-corrected chi connectivity index (χ0v) is 63.0. The lowest BCUT2D eigenvalue weighted by atomic mass is 10.0. The topological polar surface area (TPSA) is 95.9 Å². The Kier molecular flexibility index (Phi) is 80.3. The summed E-state index contributed by atoms with van der Waals surface area (Å²) in [6.45, 7) is 4.93. The molecule has 3 N–H and O–H groups in total. The van der Waals surface area contributed by atoms with Crippen molar-refractivity contribution in [3.05, 3.63) is 48.6 Å². The number of carbonyl (C=O) groups is 2. The minimum absolute atomic E-state index is 0.0181. The highest BCUT2D eigenvalue weighted by atomic mass is 16.5. The Bertz CT molecular complexity index is 1550. The summed E-state index contributed by atoms with van der Waals surface area (Å²) in [6, 6.07) is -0.626. The monoisotopic (exact) mass is 1300 g/mol. The summed E-state index contributed by atoms with van der Waals surface area (Å²) in [5.74, 6) is -0.0415. The lowest BCUT2D eigenvalue weighted by Gasteiger charge is -2.20. The second-order valence-corrected chi connectivity index (χ2v) is 29.2. The minimum atomic E-state index is -0.843. The molecular formula is C87H165NO5. The van der Waals surface area contributed by atoms with E-state index in [-0.39, 0.29) is 18.5 Å². The molecule has 0 aromatic heterocycles. The molecule has 93 heavy (non-hydrogen) atoms. The summed E-state index contributed by atoms with van der Waals surface area (Å²) < 4.78 is 5.52. The van der Waals surface area contributed by atoms with Crippen LogP contribution in [-0.2, 0) is 14.3 Å². The smallest absolute Gasteiger partial charge is 0.305 e. The highest BCUT2D eigenvalue weighted by Gasteiger charge is 2.18. The molecule has 0 heterocycles. The van der Waals surface area contributed by atoms with Crippen LogP contribution in [0.15, 0.2) is 48.6 Å². The van der Waals surface area contributed by atoms with Crippen molar-refractivity contribution in [1.82, 2.24) is 5.32 Å². The third kappa shape index (κ3) is 78.7. The number of ether oxygens (including phenoxy) is 1. The zero-order valence-electron chi connectivity index (χ0n) is 63.0. The van der Waals surface area contributed by atoms with Gasteiger partial charge in [0.1, 0.15) is 0 Å². The van der Waals surface area contributed by atoms with Crippen LogP contribution in [0.2, 0.25) is 0 Å². The second-order valence-electron chi connectivity index (χ2n) is 29.2. The molecule has 0 aromatic rings. The molecule has 6 nitrogen and oxygen atoms in total. The van der Waals surface area contributed by atoms with Crippen LogP contribution in [0.25, 0.3) is 0 Å². The summed E-state index contributed by atoms with van der Waals surface area (Å²) in [7, 11) is 0. The average molecular weight is 1310 g/mol. The Morgan fingerprint density at radius 2 is 0.538 bits per heavy atom. The fraction of sp³-hybridized carbons (Fsp3) is 0.885. The third-order valence-electron chi connectivity index (χ3n) is 19.8. The fourth-order valence-electron chi connectivity index (χ4n) is 13.4. The minimum Gasteiger partial charge on any atom is -0.466 e. The number of amides is 1. The molecule has 2 unspecified atom stereocenters. The van der Waals surface area contributed by atoms with E-state index in [1.807, 2.05) is 6.08 Å². The molecule has 1 amide bonds. The molecule has 0 aliphatic carbocycles. The standard InChI is InChI=1S/C87H165NO5/c1-3-5-7-9-11-13-15-17-19-21-23-44-47-51-55-59-63-67-71-75-79-85(90)84(83-89)88-86(91)80-76-72-68-64-60-56-52-48-45-41-39-37-35-33-31-29-27-25-24-26-28-30-32-34-36-38-40-42-46-50-54-58-62-66-70-74-78-82-93-87(92)81-77-73-69-65-61-57-53-49-43-22-20-18-16-14-12-10-8-6-4-2/h12,14,18,20,24,26,75,79,84-85,89-90H,3-11,13,15-17,19,21-23,25,27-74,76-78,80-83H2,1-2H3,(H,88,91)/b14-12-,20-18-,26-24-,79-75+. The quantitative estimate of drug-likeness (QED) is 0.0320. The van der Waals surface area contributed by atoms with Gasteiger partial charge in [0.25, 0.3) is 0 Å². The van der Waals surface area contributed by atoms with Gasteiger partial charge in [-0.15, -0.1) is 0 Å². The number of hydrogen-bond acceptors (Lipinski definition) is 5. The number of allylic oxidation sites excluding steroid dienone is 7. The highest BCUT2D eigenvalue weighted by Crippen LogP contribution is 2.20. The lowest BCUT2D eigenvalue weighted by Crippen LogP contribution is -2.45. The van der Waals surface area contributed by atoms with E-state index in [0.29, 0.717) is 19.4 Å². The number of aliphatic hydroxyl groups excluding tert-OH is 2. The molecule has 0 saturated heterocycles. The van der Waals surface area contributed by atoms with Crippen LogP contribution in [0, 0.1) is 0 Å². The Balaban J connectivity index is 3.35. The van der Waals surface area contributed by atoms with Crippen LogP contribution in [0.5, 0.6) is 0 Å². The van der Waals surface area contributed by atoms with E-state index in [2.05, 4.69) is 55.6 Å². The van der Waals surface area contributed by atoms with Crippen LogP contribution < -0.4 is 5.32 Å². The predicted octanol–water partition coefficient (Wildman–Crippen LogP) is 28.3. The number of nitrogens with one attached hydrogen (secondary N) is 1. The normalized spacial score (nSPS) is 12.7. The van der Waals surface area contributed by atoms with Crippen molar-refractivity contribution in [3.8, 4) is 0 Å². The first-order chi connectivity index (χ1) is 46.0. The molecule has 0 bridgehead atoms. The van der Waals surface area contributed by atoms with E-state index in [4.69, 9.17) is 4.74 Å². The van der Waals surface area contributed by atoms with Gasteiger partial charge in [-0.25, -0.2) is 0 Å². The van der Waals surface area contributed by atoms with Gasteiger partial charge in [0.05, 0.1) is 25.4 Å². The fourth-order valence-corrected chi connectivity index (χ4v) is 13.4. The molecule has 2 atom stereocenters. The van der Waals surface area contributed by atoms with Crippen LogP contribution in [0.1, 0.15) is 470 Å². The molecule has 6 heteroatoms. The van der Waals surface area contributed by atoms with Crippen LogP contribution >= 0.6 is 0 Å². The molecule has 0 spiro atoms. The summed E-state index contributed by atoms with van der Waals surface area (Å²) in [6.07, 6.45) is 110. The Morgan fingerprint density at radius 1 is 0.301 bits per heavy atom. The number of unbranched alkanes of at least 4 members (excludes halogenated alkanes) is 63. The molecule has 0 aliphatic heterocycles. The van der Waals surface area contributed by atoms with E-state index in [1.165, 1.54) is 392 Å². The number of rotatable bonds is 80. The lowest BCUT2D eigenvalue weighted by molar-refractivity contribution is -0.143. The number of esters is 1. The first-order valence-corrected chi connectivity index (χ1v) is 42.4. The van der Waals surface area contributed by atoms with Gasteiger partial charge in [0.15, 0.2) is 0 Å². The van der Waals surface area contributed by atoms with Crippen molar-refractivity contribution in [1.29, 1.82) is 0 Å². The van der Waals surface area contributed by atoms with Gasteiger partial charge in [-0.05, 0) is 89.9 Å². The van der Waals surface area contributed by atoms with Crippen molar-refractivity contribution in [2.45, 2.75) is 482 Å². The van der Waals surface area contributed by atoms with Crippen molar-refractivity contribution >= 4 is 11.9 Å². The van der Waals surface area contributed by atoms with Gasteiger partial charge < -0.3 is 20.3 Å². The molecule has 548 valence electrons. The van der Waals surface area contributed by atoms with Crippen LogP contribution in [0.4, 0.5) is 0 Å². The SMILES string of the molecule is CCCCC/C=C\C/C=C\CCCCCCCCCCCC(=O)OCCCCCCCCCCCCCCCCCC/C=C\CCCCCCCCCCCCCCCCCCCC(=O)NC(CO)C(O)/C=C/CCCCCCCCCCCCCCCCCCCC. The average Bonchev–Trinajstić information content (AvgIpc) is 3.78. The van der Waals surface area contributed by atoms with Crippen molar-refractivity contribution in [3.63, 3.8) is 0 Å². The largest absolute Gasteiger partial charge is 0.466 e. The molecule has 0 aliphatic rings. The van der Waals surface area contributed by atoms with Crippen molar-refractivity contribution in [2.75, 3.05) is 13.2 Å². The van der Waals surface area contributed by atoms with Crippen LogP contribution in [-0.4, -0.2) is 47.4 Å². The zero-order chi connectivity index (χ0) is 67.0. The first kappa shape index (κ1) is 90.8. The Morgan fingerprint density at radius 3 is 0.849 bits per heavy atom. The van der Waals surface area contributed by atoms with Gasteiger partial charge in [-0.3, -0.25) is 9.59 Å². The maximum atomic E-state index is 12.5. The maximum absolute atomic E-state index is 12.5. The van der Waals surface area contributed by atoms with E-state index >= 15 is 0 Å². The van der Waals surface area contributed by atoms with Crippen molar-refractivity contribution in [2.24, 2.45) is 0 Å². The molecule has 0 rings (SSSR count). The van der Waals surface area contributed by atoms with Gasteiger partial charge >= 0.3 is 5.97 Å². The summed E-state index contributed by atoms with van der Waals surface area (Å²) in [5, 5.41) is 23.3. The van der Waals surface area contributed by atoms with Crippen molar-refractivity contribution < 1.29 is 24.5 Å². The van der Waals surface area contributed by atoms with E-state index in [9.17, 15) is 19.8 Å². The van der Waals surface area contributed by atoms with Gasteiger partial charge in [0.2, 0.25) is 5.91 Å². The van der Waals surface area contributed by atoms with Crippen LogP contribution in [0.3, 0.4) is 0 Å². The number of aliphatic hydroxyl groups is 2.